The molecule has 14 heavy (non-hydrogen) atoms. The van der Waals surface area contributed by atoms with Crippen LogP contribution in [0.5, 0.6) is 5.75 Å². The fraction of sp³-hybridized carbons (Fsp3) is 0.455. The summed E-state index contributed by atoms with van der Waals surface area (Å²) in [5.41, 5.74) is 0. The molecule has 0 heterocycles. The highest BCUT2D eigenvalue weighted by Gasteiger charge is 2.25. The van der Waals surface area contributed by atoms with Gasteiger partial charge >= 0.3 is 0 Å². The molecule has 2 nitrogen and oxygen atoms in total. The number of aliphatic hydroxyl groups excluding tert-OH is 1. The van der Waals surface area contributed by atoms with Gasteiger partial charge in [0.25, 0.3) is 0 Å². The van der Waals surface area contributed by atoms with Gasteiger partial charge in [0.2, 0.25) is 0 Å². The van der Waals surface area contributed by atoms with E-state index in [1.165, 1.54) is 0 Å². The van der Waals surface area contributed by atoms with Crippen molar-refractivity contribution in [3.63, 3.8) is 0 Å². The molecule has 1 fully saturated rings. The molecule has 0 amide bonds. The summed E-state index contributed by atoms with van der Waals surface area (Å²) in [4.78, 5) is 1.12. The summed E-state index contributed by atoms with van der Waals surface area (Å²) >= 11 is 1.71. The first-order valence-corrected chi connectivity index (χ1v) is 5.77. The van der Waals surface area contributed by atoms with Crippen LogP contribution in [0.15, 0.2) is 29.2 Å². The van der Waals surface area contributed by atoms with Crippen LogP contribution < -0.4 is 0 Å². The van der Waals surface area contributed by atoms with Gasteiger partial charge in [0, 0.05) is 10.1 Å². The molecule has 2 rings (SSSR count). The topological polar surface area (TPSA) is 40.5 Å². The molecular weight excluding hydrogens is 196 g/mol. The third kappa shape index (κ3) is 2.22. The molecule has 0 unspecified atom stereocenters. The monoisotopic (exact) mass is 210 g/mol. The Hall–Kier alpha value is -0.670. The first-order chi connectivity index (χ1) is 6.75. The number of hydrogen-bond donors (Lipinski definition) is 2. The van der Waals surface area contributed by atoms with E-state index in [4.69, 9.17) is 5.11 Å². The van der Waals surface area contributed by atoms with Crippen LogP contribution in [0.3, 0.4) is 0 Å². The minimum absolute atomic E-state index is 0.159. The van der Waals surface area contributed by atoms with Gasteiger partial charge in [-0.3, -0.25) is 0 Å². The maximum Gasteiger partial charge on any atom is 0.115 e. The standard InChI is InChI=1S/C11H14O2S/c12-8-4-6-9(7-5-8)14-11-3-1-2-10(11)13/h4-7,10-13H,1-3H2/t10-,11-/m1/s1. The van der Waals surface area contributed by atoms with Gasteiger partial charge in [0.15, 0.2) is 0 Å². The van der Waals surface area contributed by atoms with Crippen molar-refractivity contribution in [1.82, 2.24) is 0 Å². The lowest BCUT2D eigenvalue weighted by molar-refractivity contribution is 0.188. The van der Waals surface area contributed by atoms with E-state index in [2.05, 4.69) is 0 Å². The number of phenolic OH excluding ortho intramolecular Hbond substituents is 1. The molecule has 2 atom stereocenters. The summed E-state index contributed by atoms with van der Waals surface area (Å²) in [6.45, 7) is 0. The van der Waals surface area contributed by atoms with E-state index in [9.17, 15) is 5.11 Å². The van der Waals surface area contributed by atoms with Crippen molar-refractivity contribution >= 4 is 11.8 Å². The molecule has 1 aliphatic rings. The molecule has 2 N–H and O–H groups in total. The molecule has 3 heteroatoms. The molecule has 1 aromatic rings. The predicted octanol–water partition coefficient (Wildman–Crippen LogP) is 2.40. The quantitative estimate of drug-likeness (QED) is 0.787. The Morgan fingerprint density at radius 1 is 1.14 bits per heavy atom. The molecule has 0 spiro atoms. The third-order valence-electron chi connectivity index (χ3n) is 2.54. The maximum absolute atomic E-state index is 9.63. The summed E-state index contributed by atoms with van der Waals surface area (Å²) in [5.74, 6) is 0.293. The van der Waals surface area contributed by atoms with Crippen molar-refractivity contribution in [3.8, 4) is 5.75 Å². The number of rotatable bonds is 2. The van der Waals surface area contributed by atoms with Crippen LogP contribution in [-0.2, 0) is 0 Å². The Balaban J connectivity index is 2.00. The third-order valence-corrected chi connectivity index (χ3v) is 3.94. The largest absolute Gasteiger partial charge is 0.508 e. The lowest BCUT2D eigenvalue weighted by Gasteiger charge is -2.13. The van der Waals surface area contributed by atoms with Gasteiger partial charge in [-0.1, -0.05) is 0 Å². The van der Waals surface area contributed by atoms with Crippen LogP contribution in [0.4, 0.5) is 0 Å². The van der Waals surface area contributed by atoms with E-state index in [0.717, 1.165) is 24.2 Å². The zero-order chi connectivity index (χ0) is 9.97. The Bertz CT molecular complexity index is 297. The van der Waals surface area contributed by atoms with Crippen LogP contribution in [0, 0.1) is 0 Å². The van der Waals surface area contributed by atoms with Gasteiger partial charge in [-0.25, -0.2) is 0 Å². The van der Waals surface area contributed by atoms with Gasteiger partial charge in [-0.2, -0.15) is 0 Å². The Morgan fingerprint density at radius 2 is 1.86 bits per heavy atom. The molecule has 1 aromatic carbocycles. The SMILES string of the molecule is Oc1ccc(S[C@@H]2CCC[C@H]2O)cc1. The van der Waals surface area contributed by atoms with E-state index in [-0.39, 0.29) is 6.10 Å². The summed E-state index contributed by atoms with van der Waals surface area (Å²) in [6, 6.07) is 7.16. The smallest absolute Gasteiger partial charge is 0.115 e. The lowest BCUT2D eigenvalue weighted by atomic mass is 10.3. The second kappa shape index (κ2) is 4.24. The number of phenols is 1. The van der Waals surface area contributed by atoms with Crippen molar-refractivity contribution < 1.29 is 10.2 Å². The fourth-order valence-corrected chi connectivity index (χ4v) is 2.96. The zero-order valence-corrected chi connectivity index (χ0v) is 8.70. The predicted molar refractivity (Wildman–Crippen MR) is 57.6 cm³/mol. The molecule has 0 aliphatic heterocycles. The summed E-state index contributed by atoms with van der Waals surface area (Å²) in [5, 5.41) is 19.1. The van der Waals surface area contributed by atoms with Gasteiger partial charge in [-0.05, 0) is 43.5 Å². The number of hydrogen-bond acceptors (Lipinski definition) is 3. The van der Waals surface area contributed by atoms with Gasteiger partial charge in [0.05, 0.1) is 6.10 Å². The van der Waals surface area contributed by atoms with Crippen molar-refractivity contribution in [3.05, 3.63) is 24.3 Å². The van der Waals surface area contributed by atoms with Crippen LogP contribution in [0.1, 0.15) is 19.3 Å². The highest BCUT2D eigenvalue weighted by atomic mass is 32.2. The van der Waals surface area contributed by atoms with Crippen LogP contribution >= 0.6 is 11.8 Å². The number of benzene rings is 1. The van der Waals surface area contributed by atoms with Gasteiger partial charge in [-0.15, -0.1) is 11.8 Å². The molecular formula is C11H14O2S. The van der Waals surface area contributed by atoms with Crippen molar-refractivity contribution in [2.75, 3.05) is 0 Å². The zero-order valence-electron chi connectivity index (χ0n) is 7.89. The Labute approximate surface area is 88.0 Å². The van der Waals surface area contributed by atoms with Crippen LogP contribution in [-0.4, -0.2) is 21.6 Å². The van der Waals surface area contributed by atoms with Gasteiger partial charge < -0.3 is 10.2 Å². The van der Waals surface area contributed by atoms with Crippen molar-refractivity contribution in [2.45, 2.75) is 35.5 Å². The van der Waals surface area contributed by atoms with Crippen LogP contribution in [0.25, 0.3) is 0 Å². The average Bonchev–Trinajstić information content (AvgIpc) is 2.56. The van der Waals surface area contributed by atoms with E-state index >= 15 is 0 Å². The first kappa shape index (κ1) is 9.87. The first-order valence-electron chi connectivity index (χ1n) is 4.89. The normalized spacial score (nSPS) is 26.6. The summed E-state index contributed by atoms with van der Waals surface area (Å²) in [7, 11) is 0. The number of thioether (sulfide) groups is 1. The van der Waals surface area contributed by atoms with Crippen LogP contribution in [0.2, 0.25) is 0 Å². The number of aliphatic hydroxyl groups is 1. The second-order valence-corrected chi connectivity index (χ2v) is 4.96. The summed E-state index contributed by atoms with van der Waals surface area (Å²) < 4.78 is 0. The van der Waals surface area contributed by atoms with E-state index < -0.39 is 0 Å². The highest BCUT2D eigenvalue weighted by molar-refractivity contribution is 8.00. The van der Waals surface area contributed by atoms with Crippen molar-refractivity contribution in [2.24, 2.45) is 0 Å². The Morgan fingerprint density at radius 3 is 2.43 bits per heavy atom. The van der Waals surface area contributed by atoms with Gasteiger partial charge in [0.1, 0.15) is 5.75 Å². The Kier molecular flexibility index (Phi) is 2.99. The second-order valence-electron chi connectivity index (χ2n) is 3.65. The van der Waals surface area contributed by atoms with E-state index in [0.29, 0.717) is 11.0 Å². The minimum Gasteiger partial charge on any atom is -0.508 e. The molecule has 76 valence electrons. The van der Waals surface area contributed by atoms with E-state index in [1.54, 1.807) is 23.9 Å². The molecule has 1 saturated carbocycles. The minimum atomic E-state index is -0.159. The average molecular weight is 210 g/mol. The maximum atomic E-state index is 9.63. The molecule has 0 aromatic heterocycles. The molecule has 1 aliphatic carbocycles. The molecule has 0 radical (unpaired) electrons. The van der Waals surface area contributed by atoms with E-state index in [1.807, 2.05) is 12.1 Å². The fourth-order valence-electron chi connectivity index (χ4n) is 1.74. The number of aromatic hydroxyl groups is 1. The molecule has 0 saturated heterocycles. The molecule has 0 bridgehead atoms. The lowest BCUT2D eigenvalue weighted by Crippen LogP contribution is -2.14. The van der Waals surface area contributed by atoms with Crippen molar-refractivity contribution in [1.29, 1.82) is 0 Å². The summed E-state index contributed by atoms with van der Waals surface area (Å²) in [6.07, 6.45) is 2.98. The highest BCUT2D eigenvalue weighted by Crippen LogP contribution is 2.35.